The van der Waals surface area contributed by atoms with Gasteiger partial charge in [0.05, 0.1) is 30.9 Å². The molecule has 2 aromatic heterocycles. The van der Waals surface area contributed by atoms with Gasteiger partial charge in [-0.15, -0.1) is 23.5 Å². The van der Waals surface area contributed by atoms with E-state index in [0.717, 1.165) is 17.2 Å². The Bertz CT molecular complexity index is 1450. The lowest BCUT2D eigenvalue weighted by Crippen LogP contribution is -2.49. The van der Waals surface area contributed by atoms with Crippen molar-refractivity contribution in [2.75, 3.05) is 43.1 Å². The maximum Gasteiger partial charge on any atom is 0.415 e. The highest BCUT2D eigenvalue weighted by molar-refractivity contribution is 8.05. The zero-order valence-corrected chi connectivity index (χ0v) is 22.0. The van der Waals surface area contributed by atoms with Gasteiger partial charge in [0.25, 0.3) is 5.56 Å². The number of pyridine rings is 2. The van der Waals surface area contributed by atoms with Crippen molar-refractivity contribution < 1.29 is 19.1 Å². The van der Waals surface area contributed by atoms with E-state index in [1.165, 1.54) is 27.5 Å². The van der Waals surface area contributed by atoms with Crippen molar-refractivity contribution >= 4 is 52.2 Å². The van der Waals surface area contributed by atoms with E-state index < -0.39 is 5.60 Å². The van der Waals surface area contributed by atoms with Crippen LogP contribution in [0.25, 0.3) is 11.0 Å². The van der Waals surface area contributed by atoms with Crippen LogP contribution in [0.3, 0.4) is 0 Å². The molecular formula is C26H26N4O5S2. The van der Waals surface area contributed by atoms with Crippen LogP contribution < -0.4 is 15.2 Å². The molecule has 6 rings (SSSR count). The summed E-state index contributed by atoms with van der Waals surface area (Å²) in [5, 5.41) is 0. The summed E-state index contributed by atoms with van der Waals surface area (Å²) >= 11 is 3.66. The number of piperidine rings is 1. The van der Waals surface area contributed by atoms with Crippen LogP contribution in [0.5, 0.6) is 5.75 Å². The Morgan fingerprint density at radius 1 is 1.08 bits per heavy atom. The van der Waals surface area contributed by atoms with E-state index in [4.69, 9.17) is 9.47 Å². The van der Waals surface area contributed by atoms with E-state index in [1.54, 1.807) is 28.1 Å². The molecule has 0 aliphatic carbocycles. The molecule has 192 valence electrons. The van der Waals surface area contributed by atoms with Crippen molar-refractivity contribution in [3.05, 3.63) is 52.9 Å². The standard InChI is InChI=1S/C26H26N4O5S2/c1-34-18-13-20-19(27-14-18)3-5-23(31)29(20)15-24(32)28-8-6-26(7-9-28)16-30(25(33)35-26)17-2-4-21-22(12-17)37-11-10-36-21/h2-5,12-14H,6-11,15-16H2,1H3. The van der Waals surface area contributed by atoms with E-state index in [9.17, 15) is 14.4 Å². The molecule has 2 amide bonds. The first-order valence-electron chi connectivity index (χ1n) is 12.2. The number of aromatic nitrogens is 2. The van der Waals surface area contributed by atoms with E-state index in [0.29, 0.717) is 49.3 Å². The maximum absolute atomic E-state index is 13.2. The molecule has 3 aromatic rings. The zero-order valence-electron chi connectivity index (χ0n) is 20.3. The second-order valence-corrected chi connectivity index (χ2v) is 11.7. The van der Waals surface area contributed by atoms with Crippen LogP contribution in [0.2, 0.25) is 0 Å². The Morgan fingerprint density at radius 3 is 2.65 bits per heavy atom. The third-order valence-corrected chi connectivity index (χ3v) is 9.70. The fourth-order valence-corrected chi connectivity index (χ4v) is 7.34. The molecule has 1 spiro atoms. The van der Waals surface area contributed by atoms with Gasteiger partial charge in [0, 0.05) is 65.0 Å². The van der Waals surface area contributed by atoms with Gasteiger partial charge in [-0.25, -0.2) is 4.79 Å². The van der Waals surface area contributed by atoms with Crippen LogP contribution in [0, 0.1) is 0 Å². The van der Waals surface area contributed by atoms with Crippen LogP contribution in [0.4, 0.5) is 10.5 Å². The predicted molar refractivity (Wildman–Crippen MR) is 143 cm³/mol. The smallest absolute Gasteiger partial charge is 0.415 e. The summed E-state index contributed by atoms with van der Waals surface area (Å²) in [4.78, 5) is 48.9. The fourth-order valence-electron chi connectivity index (χ4n) is 5.10. The summed E-state index contributed by atoms with van der Waals surface area (Å²) < 4.78 is 12.6. The number of hydrogen-bond acceptors (Lipinski definition) is 8. The number of fused-ring (bicyclic) bond motifs is 2. The number of hydrogen-bond donors (Lipinski definition) is 0. The number of ether oxygens (including phenoxy) is 2. The summed E-state index contributed by atoms with van der Waals surface area (Å²) in [5.74, 6) is 2.52. The summed E-state index contributed by atoms with van der Waals surface area (Å²) in [5.41, 5.74) is 1.14. The minimum absolute atomic E-state index is 0.0886. The number of methoxy groups -OCH3 is 1. The topological polar surface area (TPSA) is 94.0 Å². The number of likely N-dealkylation sites (tertiary alicyclic amines) is 1. The van der Waals surface area contributed by atoms with Crippen LogP contribution in [0.1, 0.15) is 12.8 Å². The average Bonchev–Trinajstić information content (AvgIpc) is 3.25. The Morgan fingerprint density at radius 2 is 1.86 bits per heavy atom. The number of rotatable bonds is 4. The van der Waals surface area contributed by atoms with Crippen molar-refractivity contribution in [3.8, 4) is 5.75 Å². The molecule has 0 saturated carbocycles. The number of nitrogens with zero attached hydrogens (tertiary/aromatic N) is 4. The third kappa shape index (κ3) is 4.54. The van der Waals surface area contributed by atoms with Gasteiger partial charge >= 0.3 is 6.09 Å². The normalized spacial score (nSPS) is 18.7. The molecule has 0 atom stereocenters. The lowest BCUT2D eigenvalue weighted by Gasteiger charge is -2.37. The second kappa shape index (κ2) is 9.60. The van der Waals surface area contributed by atoms with Gasteiger partial charge in [0.2, 0.25) is 5.91 Å². The van der Waals surface area contributed by atoms with Crippen molar-refractivity contribution in [1.29, 1.82) is 0 Å². The molecule has 37 heavy (non-hydrogen) atoms. The SMILES string of the molecule is COc1cnc2ccc(=O)n(CC(=O)N3CCC4(CC3)CN(c3ccc5c(c3)SCCS5)C(=O)O4)c2c1. The van der Waals surface area contributed by atoms with Gasteiger partial charge in [-0.3, -0.25) is 24.0 Å². The van der Waals surface area contributed by atoms with Gasteiger partial charge in [-0.1, -0.05) is 0 Å². The number of amides is 2. The highest BCUT2D eigenvalue weighted by Gasteiger charge is 2.48. The van der Waals surface area contributed by atoms with E-state index >= 15 is 0 Å². The number of thioether (sulfide) groups is 2. The Kier molecular flexibility index (Phi) is 6.28. The van der Waals surface area contributed by atoms with Crippen LogP contribution in [0.15, 0.2) is 57.2 Å². The summed E-state index contributed by atoms with van der Waals surface area (Å²) in [6.45, 7) is 1.29. The molecule has 3 aliphatic heterocycles. The highest BCUT2D eigenvalue weighted by atomic mass is 32.2. The molecule has 9 nitrogen and oxygen atoms in total. The van der Waals surface area contributed by atoms with Gasteiger partial charge in [0.15, 0.2) is 0 Å². The lowest BCUT2D eigenvalue weighted by atomic mass is 9.91. The van der Waals surface area contributed by atoms with Gasteiger partial charge in [0.1, 0.15) is 17.9 Å². The Hall–Kier alpha value is -3.18. The van der Waals surface area contributed by atoms with Crippen molar-refractivity contribution in [2.24, 2.45) is 0 Å². The van der Waals surface area contributed by atoms with Crippen molar-refractivity contribution in [1.82, 2.24) is 14.5 Å². The summed E-state index contributed by atoms with van der Waals surface area (Å²) in [6.07, 6.45) is 2.35. The van der Waals surface area contributed by atoms with Crippen molar-refractivity contribution in [3.63, 3.8) is 0 Å². The fraction of sp³-hybridized carbons (Fsp3) is 0.385. The molecule has 2 fully saturated rings. The summed E-state index contributed by atoms with van der Waals surface area (Å²) in [6, 6.07) is 10.9. The largest absolute Gasteiger partial charge is 0.495 e. The van der Waals surface area contributed by atoms with Crippen LogP contribution >= 0.6 is 23.5 Å². The van der Waals surface area contributed by atoms with E-state index in [-0.39, 0.29) is 24.1 Å². The molecule has 3 aliphatic rings. The van der Waals surface area contributed by atoms with Gasteiger partial charge in [-0.05, 0) is 24.3 Å². The van der Waals surface area contributed by atoms with Crippen LogP contribution in [-0.4, -0.2) is 70.3 Å². The minimum atomic E-state index is -0.612. The Labute approximate surface area is 222 Å². The number of benzene rings is 1. The zero-order chi connectivity index (χ0) is 25.6. The number of carbonyl (C=O) groups is 2. The number of anilines is 1. The third-order valence-electron chi connectivity index (χ3n) is 7.18. The highest BCUT2D eigenvalue weighted by Crippen LogP contribution is 2.41. The van der Waals surface area contributed by atoms with Crippen molar-refractivity contribution in [2.45, 2.75) is 34.8 Å². The molecule has 5 heterocycles. The first-order chi connectivity index (χ1) is 17.9. The van der Waals surface area contributed by atoms with E-state index in [1.807, 2.05) is 29.6 Å². The van der Waals surface area contributed by atoms with Gasteiger partial charge < -0.3 is 14.4 Å². The molecule has 1 aromatic carbocycles. The maximum atomic E-state index is 13.2. The molecule has 2 saturated heterocycles. The lowest BCUT2D eigenvalue weighted by molar-refractivity contribution is -0.135. The molecule has 0 N–H and O–H groups in total. The van der Waals surface area contributed by atoms with Crippen LogP contribution in [-0.2, 0) is 16.1 Å². The molecule has 0 unspecified atom stereocenters. The van der Waals surface area contributed by atoms with E-state index in [2.05, 4.69) is 17.1 Å². The second-order valence-electron chi connectivity index (χ2n) is 9.38. The molecular weight excluding hydrogens is 512 g/mol. The molecule has 0 radical (unpaired) electrons. The number of carbonyl (C=O) groups excluding carboxylic acids is 2. The quantitative estimate of drug-likeness (QED) is 0.497. The molecule has 11 heteroatoms. The van der Waals surface area contributed by atoms with Gasteiger partial charge in [-0.2, -0.15) is 0 Å². The first kappa shape index (κ1) is 24.2. The first-order valence-corrected chi connectivity index (χ1v) is 14.1. The average molecular weight is 539 g/mol. The molecule has 0 bridgehead atoms. The monoisotopic (exact) mass is 538 g/mol. The minimum Gasteiger partial charge on any atom is -0.495 e. The Balaban J connectivity index is 1.14. The predicted octanol–water partition coefficient (Wildman–Crippen LogP) is 3.62. The summed E-state index contributed by atoms with van der Waals surface area (Å²) in [7, 11) is 1.53.